The minimum atomic E-state index is -0.0994. The molecule has 164 valence electrons. The van der Waals surface area contributed by atoms with Crippen molar-refractivity contribution in [3.05, 3.63) is 76.6 Å². The van der Waals surface area contributed by atoms with Crippen LogP contribution in [-0.4, -0.2) is 21.9 Å². The molecule has 2 aromatic carbocycles. The molecular formula is C27H31ClINO. The Hall–Kier alpha value is -1.59. The average Bonchev–Trinajstić information content (AvgIpc) is 2.97. The van der Waals surface area contributed by atoms with Crippen LogP contribution in [0.25, 0.3) is 10.8 Å². The second kappa shape index (κ2) is 9.91. The molecule has 31 heavy (non-hydrogen) atoms. The smallest absolute Gasteiger partial charge is 0.210 e. The molecule has 1 heterocycles. The topological polar surface area (TPSA) is 23.2 Å². The normalized spacial score (nSPS) is 19.4. The molecule has 1 aliphatic heterocycles. The summed E-state index contributed by atoms with van der Waals surface area (Å²) in [5, 5.41) is 12.8. The maximum absolute atomic E-state index is 9.48. The first-order chi connectivity index (χ1) is 14.5. The number of halogens is 2. The van der Waals surface area contributed by atoms with Gasteiger partial charge in [0, 0.05) is 29.7 Å². The van der Waals surface area contributed by atoms with Crippen molar-refractivity contribution in [2.75, 3.05) is 6.54 Å². The Kier molecular flexibility index (Phi) is 7.69. The van der Waals surface area contributed by atoms with E-state index in [1.165, 1.54) is 34.2 Å². The number of unbranched alkanes of at least 4 members (excludes halogenated alkanes) is 1. The van der Waals surface area contributed by atoms with Gasteiger partial charge < -0.3 is 29.1 Å². The molecule has 0 spiro atoms. The van der Waals surface area contributed by atoms with E-state index in [0.29, 0.717) is 5.03 Å². The van der Waals surface area contributed by atoms with E-state index in [1.807, 2.05) is 0 Å². The summed E-state index contributed by atoms with van der Waals surface area (Å²) in [6.45, 7) is 7.92. The SMILES string of the molecule is CCCC[N+]1=C(/C=C/C2=C(Cl)C(=C/O)/CCC2)C(C)(C)c2c1ccc1ccccc21.[I-]. The van der Waals surface area contributed by atoms with Gasteiger partial charge in [-0.2, -0.15) is 4.58 Å². The number of benzene rings is 2. The molecule has 0 amide bonds. The number of aliphatic hydroxyl groups excluding tert-OH is 1. The number of rotatable bonds is 5. The number of aliphatic hydroxyl groups is 1. The fraction of sp³-hybridized carbons (Fsp3) is 0.370. The Morgan fingerprint density at radius 3 is 2.61 bits per heavy atom. The van der Waals surface area contributed by atoms with Crippen molar-refractivity contribution in [2.24, 2.45) is 0 Å². The number of fused-ring (bicyclic) bond motifs is 3. The minimum Gasteiger partial charge on any atom is -1.00 e. The van der Waals surface area contributed by atoms with Gasteiger partial charge in [-0.1, -0.05) is 55.3 Å². The number of hydrogen-bond donors (Lipinski definition) is 1. The Labute approximate surface area is 208 Å². The molecule has 0 fully saturated rings. The third-order valence-corrected chi connectivity index (χ3v) is 7.03. The number of nitrogens with zero attached hydrogens (tertiary/aromatic N) is 1. The second-order valence-electron chi connectivity index (χ2n) is 8.88. The van der Waals surface area contributed by atoms with Crippen LogP contribution in [0.1, 0.15) is 58.4 Å². The summed E-state index contributed by atoms with van der Waals surface area (Å²) in [5.74, 6) is 0. The monoisotopic (exact) mass is 547 g/mol. The molecule has 4 rings (SSSR count). The van der Waals surface area contributed by atoms with Crippen molar-refractivity contribution in [1.29, 1.82) is 0 Å². The fourth-order valence-electron chi connectivity index (χ4n) is 4.94. The van der Waals surface area contributed by atoms with E-state index < -0.39 is 0 Å². The molecule has 2 aromatic rings. The van der Waals surface area contributed by atoms with Gasteiger partial charge in [0.2, 0.25) is 5.69 Å². The van der Waals surface area contributed by atoms with Crippen LogP contribution in [-0.2, 0) is 5.41 Å². The Bertz CT molecular complexity index is 1110. The molecule has 2 nitrogen and oxygen atoms in total. The van der Waals surface area contributed by atoms with Crippen LogP contribution in [0.3, 0.4) is 0 Å². The summed E-state index contributed by atoms with van der Waals surface area (Å²) >= 11 is 6.57. The van der Waals surface area contributed by atoms with Gasteiger partial charge in [-0.05, 0) is 55.5 Å². The zero-order chi connectivity index (χ0) is 21.3. The van der Waals surface area contributed by atoms with E-state index in [0.717, 1.165) is 49.6 Å². The molecule has 1 aliphatic carbocycles. The van der Waals surface area contributed by atoms with Crippen molar-refractivity contribution in [1.82, 2.24) is 0 Å². The van der Waals surface area contributed by atoms with Crippen molar-refractivity contribution in [2.45, 2.75) is 58.3 Å². The Balaban J connectivity index is 0.00000272. The second-order valence-corrected chi connectivity index (χ2v) is 9.25. The molecule has 0 bridgehead atoms. The maximum atomic E-state index is 9.48. The standard InChI is InChI=1S/C27H30ClNO.HI/c1-4-5-17-29-23-15-13-19-9-6-7-12-22(19)25(23)27(2,3)24(29)16-14-20-10-8-11-21(18-30)26(20)28;/h6-7,9,12-16,18H,4-5,8,10-11,17H2,1-3H3;1H. The summed E-state index contributed by atoms with van der Waals surface area (Å²) in [5.41, 5.74) is 5.91. The van der Waals surface area contributed by atoms with E-state index in [2.05, 4.69) is 73.9 Å². The van der Waals surface area contributed by atoms with E-state index in [9.17, 15) is 5.11 Å². The molecule has 0 aromatic heterocycles. The number of hydrogen-bond acceptors (Lipinski definition) is 1. The van der Waals surface area contributed by atoms with Gasteiger partial charge in [-0.15, -0.1) is 0 Å². The van der Waals surface area contributed by atoms with Crippen LogP contribution in [0.2, 0.25) is 0 Å². The molecule has 0 saturated heterocycles. The lowest BCUT2D eigenvalue weighted by Gasteiger charge is -2.18. The molecule has 0 radical (unpaired) electrons. The van der Waals surface area contributed by atoms with Crippen molar-refractivity contribution in [3.8, 4) is 0 Å². The molecule has 0 atom stereocenters. The highest BCUT2D eigenvalue weighted by Crippen LogP contribution is 2.44. The lowest BCUT2D eigenvalue weighted by atomic mass is 9.79. The van der Waals surface area contributed by atoms with E-state index in [1.54, 1.807) is 0 Å². The molecule has 1 N–H and O–H groups in total. The summed E-state index contributed by atoms with van der Waals surface area (Å²) in [4.78, 5) is 0. The predicted molar refractivity (Wildman–Crippen MR) is 128 cm³/mol. The first-order valence-corrected chi connectivity index (χ1v) is 11.4. The summed E-state index contributed by atoms with van der Waals surface area (Å²) in [7, 11) is 0. The first-order valence-electron chi connectivity index (χ1n) is 11.1. The summed E-state index contributed by atoms with van der Waals surface area (Å²) in [6.07, 6.45) is 10.7. The lowest BCUT2D eigenvalue weighted by molar-refractivity contribution is -0.438. The van der Waals surface area contributed by atoms with Gasteiger partial charge in [0.25, 0.3) is 0 Å². The first kappa shape index (κ1) is 24.1. The van der Waals surface area contributed by atoms with E-state index in [4.69, 9.17) is 11.6 Å². The van der Waals surface area contributed by atoms with Crippen molar-refractivity contribution < 1.29 is 33.7 Å². The highest BCUT2D eigenvalue weighted by molar-refractivity contribution is 6.32. The van der Waals surface area contributed by atoms with Crippen LogP contribution in [0.5, 0.6) is 0 Å². The quantitative estimate of drug-likeness (QED) is 0.328. The predicted octanol–water partition coefficient (Wildman–Crippen LogP) is 4.70. The highest BCUT2D eigenvalue weighted by atomic mass is 127. The van der Waals surface area contributed by atoms with Crippen LogP contribution in [0.4, 0.5) is 5.69 Å². The lowest BCUT2D eigenvalue weighted by Crippen LogP contribution is -3.00. The molecule has 0 saturated carbocycles. The largest absolute Gasteiger partial charge is 1.00 e. The molecule has 4 heteroatoms. The summed E-state index contributed by atoms with van der Waals surface area (Å²) < 4.78 is 2.50. The van der Waals surface area contributed by atoms with Gasteiger partial charge in [0.15, 0.2) is 5.71 Å². The molecular weight excluding hydrogens is 517 g/mol. The van der Waals surface area contributed by atoms with E-state index >= 15 is 0 Å². The zero-order valence-corrected chi connectivity index (χ0v) is 21.5. The van der Waals surface area contributed by atoms with Gasteiger partial charge in [0.05, 0.1) is 16.7 Å². The van der Waals surface area contributed by atoms with Crippen molar-refractivity contribution >= 4 is 33.8 Å². The van der Waals surface area contributed by atoms with Crippen LogP contribution >= 0.6 is 11.6 Å². The van der Waals surface area contributed by atoms with Crippen LogP contribution in [0, 0.1) is 0 Å². The van der Waals surface area contributed by atoms with Crippen LogP contribution < -0.4 is 24.0 Å². The fourth-order valence-corrected chi connectivity index (χ4v) is 5.25. The van der Waals surface area contributed by atoms with Gasteiger partial charge in [-0.25, -0.2) is 0 Å². The maximum Gasteiger partial charge on any atom is 0.210 e. The van der Waals surface area contributed by atoms with Gasteiger partial charge >= 0.3 is 0 Å². The van der Waals surface area contributed by atoms with Crippen LogP contribution in [0.15, 0.2) is 71.0 Å². The third-order valence-electron chi connectivity index (χ3n) is 6.54. The Morgan fingerprint density at radius 2 is 1.87 bits per heavy atom. The van der Waals surface area contributed by atoms with Gasteiger partial charge in [-0.3, -0.25) is 0 Å². The van der Waals surface area contributed by atoms with Crippen molar-refractivity contribution in [3.63, 3.8) is 0 Å². The molecule has 0 unspecified atom stereocenters. The minimum absolute atomic E-state index is 0. The Morgan fingerprint density at radius 1 is 1.10 bits per heavy atom. The summed E-state index contributed by atoms with van der Waals surface area (Å²) in [6, 6.07) is 13.2. The molecule has 2 aliphatic rings. The van der Waals surface area contributed by atoms with Gasteiger partial charge in [0.1, 0.15) is 6.54 Å². The highest BCUT2D eigenvalue weighted by Gasteiger charge is 2.45. The zero-order valence-electron chi connectivity index (χ0n) is 18.6. The average molecular weight is 548 g/mol. The number of allylic oxidation sites excluding steroid dienone is 5. The third kappa shape index (κ3) is 4.36. The van der Waals surface area contributed by atoms with E-state index in [-0.39, 0.29) is 29.4 Å².